The summed E-state index contributed by atoms with van der Waals surface area (Å²) >= 11 is 0. The van der Waals surface area contributed by atoms with Crippen LogP contribution in [-0.2, 0) is 24.3 Å². The minimum Gasteiger partial charge on any atom is -0.481 e. The molecule has 1 aliphatic heterocycles. The van der Waals surface area contributed by atoms with Crippen LogP contribution in [0.2, 0.25) is 0 Å². The van der Waals surface area contributed by atoms with Crippen LogP contribution in [0.25, 0.3) is 0 Å². The number of carbonyl (C=O) groups excluding carboxylic acids is 1. The average Bonchev–Trinajstić information content (AvgIpc) is 3.00. The molecule has 11 heteroatoms. The summed E-state index contributed by atoms with van der Waals surface area (Å²) in [6.07, 6.45) is -3.27. The van der Waals surface area contributed by atoms with Crippen LogP contribution in [0.1, 0.15) is 25.7 Å². The van der Waals surface area contributed by atoms with Gasteiger partial charge in [-0.3, -0.25) is 9.59 Å². The summed E-state index contributed by atoms with van der Waals surface area (Å²) in [7, 11) is -3.13. The maximum Gasteiger partial charge on any atom is 0.393 e. The van der Waals surface area contributed by atoms with Gasteiger partial charge in [0.25, 0.3) is 0 Å². The van der Waals surface area contributed by atoms with Crippen LogP contribution < -0.4 is 0 Å². The van der Waals surface area contributed by atoms with Crippen LogP contribution in [-0.4, -0.2) is 61.4 Å². The number of esters is 1. The third-order valence-electron chi connectivity index (χ3n) is 4.97. The lowest BCUT2D eigenvalue weighted by atomic mass is 9.89. The van der Waals surface area contributed by atoms with E-state index < -0.39 is 64.2 Å². The molecule has 1 N–H and O–H groups in total. The monoisotopic (exact) mass is 387 g/mol. The molecule has 2 fully saturated rings. The maximum atomic E-state index is 13.1. The first-order valence-corrected chi connectivity index (χ1v) is 9.36. The molecule has 1 aliphatic carbocycles. The molecule has 25 heavy (non-hydrogen) atoms. The number of alkyl halides is 3. The topological polar surface area (TPSA) is 101 Å². The highest BCUT2D eigenvalue weighted by Crippen LogP contribution is 2.41. The fourth-order valence-corrected chi connectivity index (χ4v) is 5.87. The van der Waals surface area contributed by atoms with E-state index in [-0.39, 0.29) is 12.8 Å². The zero-order chi connectivity index (χ0) is 19.0. The van der Waals surface area contributed by atoms with Crippen molar-refractivity contribution >= 4 is 22.0 Å². The van der Waals surface area contributed by atoms with E-state index in [1.165, 1.54) is 0 Å². The SMILES string of the molecule is COC(=O)C1CCCCC1S(=O)(=O)N1C[C@@H](C(F)(F)F)[C@H](C(=O)O)C1. The molecule has 1 saturated carbocycles. The molecule has 2 aliphatic rings. The lowest BCUT2D eigenvalue weighted by Crippen LogP contribution is -2.45. The van der Waals surface area contributed by atoms with Crippen LogP contribution in [0.5, 0.6) is 0 Å². The molecular weight excluding hydrogens is 367 g/mol. The molecule has 0 spiro atoms. The molecular formula is C14H20F3NO6S. The molecule has 0 amide bonds. The van der Waals surface area contributed by atoms with E-state index in [1.807, 2.05) is 0 Å². The molecule has 144 valence electrons. The Morgan fingerprint density at radius 1 is 1.12 bits per heavy atom. The third kappa shape index (κ3) is 3.91. The summed E-state index contributed by atoms with van der Waals surface area (Å²) in [4.78, 5) is 23.0. The van der Waals surface area contributed by atoms with Gasteiger partial charge in [-0.25, -0.2) is 12.7 Å². The summed E-state index contributed by atoms with van der Waals surface area (Å²) in [6, 6.07) is 0. The summed E-state index contributed by atoms with van der Waals surface area (Å²) in [5.41, 5.74) is 0. The zero-order valence-electron chi connectivity index (χ0n) is 13.5. The van der Waals surface area contributed by atoms with Crippen LogP contribution in [0.15, 0.2) is 0 Å². The van der Waals surface area contributed by atoms with Crippen molar-refractivity contribution < 1.29 is 41.0 Å². The number of halogens is 3. The van der Waals surface area contributed by atoms with Crippen molar-refractivity contribution in [3.8, 4) is 0 Å². The number of rotatable bonds is 4. The van der Waals surface area contributed by atoms with Crippen LogP contribution >= 0.6 is 0 Å². The number of hydrogen-bond acceptors (Lipinski definition) is 5. The van der Waals surface area contributed by atoms with Gasteiger partial charge in [0.1, 0.15) is 0 Å². The molecule has 0 radical (unpaired) electrons. The standard InChI is InChI=1S/C14H20F3NO6S/c1-24-13(21)8-4-2-3-5-11(8)25(22,23)18-6-9(12(19)20)10(7-18)14(15,16)17/h8-11H,2-7H2,1H3,(H,19,20)/t8?,9-,10-,11?/m1/s1. The number of carboxylic acid groups (broad SMARTS) is 1. The highest BCUT2D eigenvalue weighted by molar-refractivity contribution is 7.89. The predicted molar refractivity (Wildman–Crippen MR) is 78.9 cm³/mol. The Balaban J connectivity index is 2.29. The third-order valence-corrected chi connectivity index (χ3v) is 7.32. The second-order valence-corrected chi connectivity index (χ2v) is 8.56. The number of hydrogen-bond donors (Lipinski definition) is 1. The average molecular weight is 387 g/mol. The van der Waals surface area contributed by atoms with E-state index in [2.05, 4.69) is 4.74 Å². The van der Waals surface area contributed by atoms with E-state index in [9.17, 15) is 31.2 Å². The minimum atomic E-state index is -4.82. The van der Waals surface area contributed by atoms with Gasteiger partial charge >= 0.3 is 18.1 Å². The Labute approximate surface area is 143 Å². The lowest BCUT2D eigenvalue weighted by molar-refractivity contribution is -0.187. The van der Waals surface area contributed by atoms with Crippen LogP contribution in [0, 0.1) is 17.8 Å². The Bertz CT molecular complexity index is 635. The molecule has 0 bridgehead atoms. The number of sulfonamides is 1. The number of nitrogens with zero attached hydrogens (tertiary/aromatic N) is 1. The molecule has 2 unspecified atom stereocenters. The molecule has 0 aromatic carbocycles. The number of carboxylic acids is 1. The van der Waals surface area contributed by atoms with E-state index in [4.69, 9.17) is 5.11 Å². The Morgan fingerprint density at radius 3 is 2.20 bits per heavy atom. The van der Waals surface area contributed by atoms with Gasteiger partial charge in [-0.05, 0) is 12.8 Å². The van der Waals surface area contributed by atoms with Gasteiger partial charge in [-0.15, -0.1) is 0 Å². The van der Waals surface area contributed by atoms with Crippen LogP contribution in [0.3, 0.4) is 0 Å². The van der Waals surface area contributed by atoms with Gasteiger partial charge in [-0.1, -0.05) is 12.8 Å². The van der Waals surface area contributed by atoms with E-state index in [1.54, 1.807) is 0 Å². The first kappa shape index (κ1) is 20.0. The van der Waals surface area contributed by atoms with Crippen molar-refractivity contribution in [2.75, 3.05) is 20.2 Å². The number of aliphatic carboxylic acids is 1. The Morgan fingerprint density at radius 2 is 1.72 bits per heavy atom. The summed E-state index contributed by atoms with van der Waals surface area (Å²) in [5, 5.41) is 7.84. The molecule has 4 atom stereocenters. The zero-order valence-corrected chi connectivity index (χ0v) is 14.3. The number of methoxy groups -OCH3 is 1. The largest absolute Gasteiger partial charge is 0.481 e. The first-order chi connectivity index (χ1) is 11.5. The van der Waals surface area contributed by atoms with Crippen molar-refractivity contribution in [1.29, 1.82) is 0 Å². The minimum absolute atomic E-state index is 0.132. The fraction of sp³-hybridized carbons (Fsp3) is 0.857. The van der Waals surface area contributed by atoms with Gasteiger partial charge < -0.3 is 9.84 Å². The quantitative estimate of drug-likeness (QED) is 0.729. The van der Waals surface area contributed by atoms with Crippen molar-refractivity contribution in [3.05, 3.63) is 0 Å². The summed E-state index contributed by atoms with van der Waals surface area (Å²) in [5.74, 6) is -7.46. The van der Waals surface area contributed by atoms with Crippen molar-refractivity contribution in [2.24, 2.45) is 17.8 Å². The molecule has 7 nitrogen and oxygen atoms in total. The second-order valence-electron chi connectivity index (χ2n) is 6.41. The lowest BCUT2D eigenvalue weighted by Gasteiger charge is -2.32. The summed E-state index contributed by atoms with van der Waals surface area (Å²) in [6.45, 7) is -1.68. The van der Waals surface area contributed by atoms with Crippen LogP contribution in [0.4, 0.5) is 13.2 Å². The van der Waals surface area contributed by atoms with Gasteiger partial charge in [-0.2, -0.15) is 13.2 Å². The van der Waals surface area contributed by atoms with E-state index in [0.29, 0.717) is 17.1 Å². The van der Waals surface area contributed by atoms with Gasteiger partial charge in [0.2, 0.25) is 10.0 Å². The van der Waals surface area contributed by atoms with E-state index in [0.717, 1.165) is 7.11 Å². The molecule has 1 saturated heterocycles. The highest BCUT2D eigenvalue weighted by Gasteiger charge is 2.56. The normalized spacial score (nSPS) is 31.7. The van der Waals surface area contributed by atoms with Crippen molar-refractivity contribution in [3.63, 3.8) is 0 Å². The Hall–Kier alpha value is -1.36. The van der Waals surface area contributed by atoms with Gasteiger partial charge in [0.05, 0.1) is 30.1 Å². The first-order valence-electron chi connectivity index (χ1n) is 7.86. The van der Waals surface area contributed by atoms with Crippen molar-refractivity contribution in [1.82, 2.24) is 4.31 Å². The molecule has 0 aromatic rings. The summed E-state index contributed by atoms with van der Waals surface area (Å²) < 4.78 is 70.1. The Kier molecular flexibility index (Phi) is 5.67. The second kappa shape index (κ2) is 7.10. The smallest absolute Gasteiger partial charge is 0.393 e. The predicted octanol–water partition coefficient (Wildman–Crippen LogP) is 1.24. The molecule has 0 aromatic heterocycles. The van der Waals surface area contributed by atoms with Gasteiger partial charge in [0.15, 0.2) is 0 Å². The molecule has 1 heterocycles. The number of carbonyl (C=O) groups is 2. The number of ether oxygens (including phenoxy) is 1. The maximum absolute atomic E-state index is 13.1. The van der Waals surface area contributed by atoms with E-state index >= 15 is 0 Å². The van der Waals surface area contributed by atoms with Crippen molar-refractivity contribution in [2.45, 2.75) is 37.1 Å². The fourth-order valence-electron chi connectivity index (χ4n) is 3.62. The molecule has 2 rings (SSSR count). The van der Waals surface area contributed by atoms with Gasteiger partial charge in [0, 0.05) is 13.1 Å². The highest BCUT2D eigenvalue weighted by atomic mass is 32.2.